The number of hydrogen-bond donors (Lipinski definition) is 4. The summed E-state index contributed by atoms with van der Waals surface area (Å²) in [5.41, 5.74) is 1.09. The second-order valence-electron chi connectivity index (χ2n) is 7.58. The number of aromatic hydroxyl groups is 1. The lowest BCUT2D eigenvalue weighted by Gasteiger charge is -2.17. The molecule has 3 aromatic rings. The molecule has 4 N–H and O–H groups in total. The molecule has 1 saturated heterocycles. The maximum Gasteiger partial charge on any atom is 0.371 e. The lowest BCUT2D eigenvalue weighted by molar-refractivity contribution is -0.701. The lowest BCUT2D eigenvalue weighted by atomic mass is 10.0. The topological polar surface area (TPSA) is 134 Å². The van der Waals surface area contributed by atoms with Gasteiger partial charge in [-0.25, -0.2) is 8.42 Å². The first kappa shape index (κ1) is 21.9. The molecule has 1 aromatic heterocycles. The summed E-state index contributed by atoms with van der Waals surface area (Å²) in [4.78, 5) is 12.1. The van der Waals surface area contributed by atoms with Gasteiger partial charge in [-0.05, 0) is 41.9 Å². The summed E-state index contributed by atoms with van der Waals surface area (Å²) >= 11 is 0. The van der Waals surface area contributed by atoms with Crippen LogP contribution in [0.3, 0.4) is 0 Å². The summed E-state index contributed by atoms with van der Waals surface area (Å²) in [6.45, 7) is 2.84. The minimum absolute atomic E-state index is 0.0367. The van der Waals surface area contributed by atoms with E-state index in [2.05, 4.69) is 15.8 Å². The van der Waals surface area contributed by atoms with Crippen LogP contribution in [-0.2, 0) is 10.0 Å². The molecule has 0 spiro atoms. The van der Waals surface area contributed by atoms with Gasteiger partial charge in [0.15, 0.2) is 10.3 Å². The Labute approximate surface area is 185 Å². The van der Waals surface area contributed by atoms with Crippen LogP contribution in [0.15, 0.2) is 58.1 Å². The summed E-state index contributed by atoms with van der Waals surface area (Å²) in [6.07, 6.45) is 2.30. The van der Waals surface area contributed by atoms with Gasteiger partial charge in [0.2, 0.25) is 10.0 Å². The molecular formula is C21H26N5O5S+. The second kappa shape index (κ2) is 9.05. The fourth-order valence-electron chi connectivity index (χ4n) is 3.79. The molecule has 32 heavy (non-hydrogen) atoms. The van der Waals surface area contributed by atoms with E-state index in [4.69, 9.17) is 4.63 Å². The predicted octanol–water partition coefficient (Wildman–Crippen LogP) is 3.32. The van der Waals surface area contributed by atoms with E-state index in [1.165, 1.54) is 22.5 Å². The zero-order valence-corrected chi connectivity index (χ0v) is 18.4. The van der Waals surface area contributed by atoms with E-state index in [9.17, 15) is 18.4 Å². The van der Waals surface area contributed by atoms with Gasteiger partial charge in [-0.1, -0.05) is 48.5 Å². The maximum atomic E-state index is 12.9. The molecule has 1 aliphatic heterocycles. The zero-order chi connectivity index (χ0) is 22.7. The van der Waals surface area contributed by atoms with Crippen LogP contribution in [0.25, 0.3) is 0 Å². The van der Waals surface area contributed by atoms with Crippen LogP contribution in [0.5, 0.6) is 5.75 Å². The number of phenolic OH excluding ortho intramolecular Hbond substituents is 1. The van der Waals surface area contributed by atoms with Crippen LogP contribution in [0.2, 0.25) is 0 Å². The number of anilines is 3. The normalized spacial score (nSPS) is 15.5. The fraction of sp³-hybridized carbons (Fsp3) is 0.333. The Morgan fingerprint density at radius 2 is 1.88 bits per heavy atom. The summed E-state index contributed by atoms with van der Waals surface area (Å²) in [5.74, 6) is -0.227. The first-order valence-electron chi connectivity index (χ1n) is 10.5. The van der Waals surface area contributed by atoms with Gasteiger partial charge in [-0.3, -0.25) is 5.32 Å². The third kappa shape index (κ3) is 4.21. The van der Waals surface area contributed by atoms with E-state index in [0.29, 0.717) is 13.1 Å². The Hall–Kier alpha value is -3.31. The highest BCUT2D eigenvalue weighted by atomic mass is 32.2. The minimum Gasteiger partial charge on any atom is -0.503 e. The van der Waals surface area contributed by atoms with Crippen molar-refractivity contribution < 1.29 is 22.8 Å². The molecule has 1 fully saturated rings. The molecule has 2 aromatic carbocycles. The number of H-pyrrole nitrogens is 1. The molecule has 0 radical (unpaired) electrons. The van der Waals surface area contributed by atoms with Crippen molar-refractivity contribution in [3.8, 4) is 5.75 Å². The molecule has 2 heterocycles. The fourth-order valence-corrected chi connectivity index (χ4v) is 5.41. The Balaban J connectivity index is 1.63. The zero-order valence-electron chi connectivity index (χ0n) is 17.6. The largest absolute Gasteiger partial charge is 0.503 e. The third-order valence-corrected chi connectivity index (χ3v) is 7.44. The van der Waals surface area contributed by atoms with Crippen LogP contribution >= 0.6 is 0 Å². The molecule has 1 aliphatic rings. The number of benzene rings is 2. The van der Waals surface area contributed by atoms with Crippen LogP contribution in [0.4, 0.5) is 17.3 Å². The summed E-state index contributed by atoms with van der Waals surface area (Å²) in [7, 11) is -3.84. The Bertz CT molecular complexity index is 1230. The van der Waals surface area contributed by atoms with Crippen molar-refractivity contribution in [1.82, 2.24) is 9.46 Å². The molecule has 4 rings (SSSR count). The van der Waals surface area contributed by atoms with Gasteiger partial charge in [-0.2, -0.15) is 4.31 Å². The minimum atomic E-state index is -3.84. The van der Waals surface area contributed by atoms with Crippen molar-refractivity contribution in [2.75, 3.05) is 23.7 Å². The van der Waals surface area contributed by atoms with Crippen molar-refractivity contribution >= 4 is 27.3 Å². The van der Waals surface area contributed by atoms with Gasteiger partial charge in [-0.15, -0.1) is 4.63 Å². The average Bonchev–Trinajstić information content (AvgIpc) is 3.45. The van der Waals surface area contributed by atoms with Gasteiger partial charge in [0.25, 0.3) is 5.82 Å². The first-order chi connectivity index (χ1) is 15.4. The van der Waals surface area contributed by atoms with Gasteiger partial charge in [0.1, 0.15) is 10.6 Å². The van der Waals surface area contributed by atoms with Crippen molar-refractivity contribution in [3.63, 3.8) is 0 Å². The molecule has 0 aliphatic carbocycles. The van der Waals surface area contributed by atoms with E-state index in [-0.39, 0.29) is 32.9 Å². The summed E-state index contributed by atoms with van der Waals surface area (Å²) in [6, 6.07) is 14.0. The monoisotopic (exact) mass is 460 g/mol. The van der Waals surface area contributed by atoms with E-state index in [1.54, 1.807) is 0 Å². The van der Waals surface area contributed by atoms with Gasteiger partial charge in [0.05, 0.1) is 6.04 Å². The highest BCUT2D eigenvalue weighted by molar-refractivity contribution is 7.89. The van der Waals surface area contributed by atoms with Crippen molar-refractivity contribution in [3.05, 3.63) is 59.0 Å². The highest BCUT2D eigenvalue weighted by Gasteiger charge is 2.32. The Kier molecular flexibility index (Phi) is 6.19. The van der Waals surface area contributed by atoms with Crippen molar-refractivity contribution in [2.45, 2.75) is 37.1 Å². The van der Waals surface area contributed by atoms with E-state index in [0.717, 1.165) is 24.8 Å². The molecule has 0 amide bonds. The van der Waals surface area contributed by atoms with Crippen LogP contribution < -0.4 is 15.2 Å². The Morgan fingerprint density at radius 1 is 1.16 bits per heavy atom. The van der Waals surface area contributed by atoms with Gasteiger partial charge in [0, 0.05) is 13.1 Å². The van der Waals surface area contributed by atoms with Crippen LogP contribution in [0, 0.1) is 4.91 Å². The number of para-hydroxylation sites is 1. The number of sulfonamides is 1. The standard InChI is InChI=1S/C21H25N5O5S/c1-2-16(15-9-4-3-5-10-15)22-20-21(26(28)31-24-20)23-17-11-8-12-18(19(17)27)32(29,30)25-13-6-7-14-25/h3-5,8-12,16,23H,2,6-7,13-14H2,1H3,(H2-,22,24,27,28)/p+1/t16-/m1/s1. The van der Waals surface area contributed by atoms with E-state index < -0.39 is 15.8 Å². The smallest absolute Gasteiger partial charge is 0.371 e. The average molecular weight is 461 g/mol. The molecule has 170 valence electrons. The van der Waals surface area contributed by atoms with Crippen LogP contribution in [0.1, 0.15) is 37.8 Å². The number of aromatic nitrogens is 2. The quantitative estimate of drug-likeness (QED) is 0.379. The van der Waals surface area contributed by atoms with Gasteiger partial charge >= 0.3 is 5.82 Å². The maximum absolute atomic E-state index is 12.9. The first-order valence-corrected chi connectivity index (χ1v) is 11.9. The number of aromatic amines is 1. The lowest BCUT2D eigenvalue weighted by Crippen LogP contribution is -2.28. The molecule has 1 atom stereocenters. The molecule has 10 nitrogen and oxygen atoms in total. The number of phenols is 1. The molecular weight excluding hydrogens is 434 g/mol. The number of nitrogens with one attached hydrogen (secondary N) is 3. The molecule has 0 unspecified atom stereocenters. The predicted molar refractivity (Wildman–Crippen MR) is 119 cm³/mol. The molecule has 0 bridgehead atoms. The highest BCUT2D eigenvalue weighted by Crippen LogP contribution is 2.36. The van der Waals surface area contributed by atoms with Crippen molar-refractivity contribution in [1.29, 1.82) is 0 Å². The number of rotatable bonds is 8. The van der Waals surface area contributed by atoms with Crippen molar-refractivity contribution in [2.24, 2.45) is 0 Å². The second-order valence-corrected chi connectivity index (χ2v) is 9.48. The number of nitrogens with zero attached hydrogens (tertiary/aromatic N) is 2. The third-order valence-electron chi connectivity index (χ3n) is 5.51. The summed E-state index contributed by atoms with van der Waals surface area (Å²) in [5, 5.41) is 19.3. The number of hydrogen-bond acceptors (Lipinski definition) is 7. The summed E-state index contributed by atoms with van der Waals surface area (Å²) < 4.78 is 32.3. The molecule has 0 saturated carbocycles. The molecule has 11 heteroatoms. The van der Waals surface area contributed by atoms with Crippen LogP contribution in [-0.4, -0.2) is 36.1 Å². The van der Waals surface area contributed by atoms with Gasteiger partial charge < -0.3 is 10.4 Å². The van der Waals surface area contributed by atoms with E-state index in [1.807, 2.05) is 37.3 Å². The SMILES string of the molecule is CC[C@@H](Nc1[nH]o[n+](=O)c1Nc1cccc(S(=O)(=O)N2CCCC2)c1O)c1ccccc1. The Morgan fingerprint density at radius 3 is 2.56 bits per heavy atom. The van der Waals surface area contributed by atoms with E-state index >= 15 is 0 Å².